The Morgan fingerprint density at radius 2 is 2.25 bits per heavy atom. The van der Waals surface area contributed by atoms with Crippen LogP contribution in [0.25, 0.3) is 0 Å². The number of amides is 1. The van der Waals surface area contributed by atoms with Gasteiger partial charge in [-0.2, -0.15) is 0 Å². The largest absolute Gasteiger partial charge is 0.508 e. The number of aromatic hydroxyl groups is 1. The number of carbonyl (C=O) groups excluding carboxylic acids is 1. The number of rotatable bonds is 5. The van der Waals surface area contributed by atoms with Gasteiger partial charge in [-0.1, -0.05) is 18.2 Å². The van der Waals surface area contributed by atoms with E-state index in [4.69, 9.17) is 0 Å². The second-order valence-electron chi connectivity index (χ2n) is 5.63. The van der Waals surface area contributed by atoms with Crippen LogP contribution < -0.4 is 5.32 Å². The molecular weight excluding hydrogens is 252 g/mol. The van der Waals surface area contributed by atoms with Gasteiger partial charge in [-0.05, 0) is 44.3 Å². The topological polar surface area (TPSA) is 52.6 Å². The minimum atomic E-state index is 0.152. The van der Waals surface area contributed by atoms with Crippen LogP contribution in [-0.4, -0.2) is 36.1 Å². The number of piperidine rings is 1. The number of benzene rings is 1. The molecule has 4 heteroatoms. The fraction of sp³-hybridized carbons (Fsp3) is 0.562. The third-order valence-corrected chi connectivity index (χ3v) is 3.99. The number of phenolic OH excluding ortho intramolecular Hbond substituents is 1. The predicted molar refractivity (Wildman–Crippen MR) is 79.4 cm³/mol. The second-order valence-corrected chi connectivity index (χ2v) is 5.63. The monoisotopic (exact) mass is 276 g/mol. The van der Waals surface area contributed by atoms with Gasteiger partial charge in [0, 0.05) is 25.6 Å². The van der Waals surface area contributed by atoms with Crippen molar-refractivity contribution in [1.82, 2.24) is 10.2 Å². The van der Waals surface area contributed by atoms with Crippen LogP contribution in [0.4, 0.5) is 0 Å². The van der Waals surface area contributed by atoms with Gasteiger partial charge in [0.05, 0.1) is 0 Å². The normalized spacial score (nSPS) is 18.8. The third-order valence-electron chi connectivity index (χ3n) is 3.99. The lowest BCUT2D eigenvalue weighted by molar-refractivity contribution is -0.130. The molecule has 1 heterocycles. The summed E-state index contributed by atoms with van der Waals surface area (Å²) >= 11 is 0. The molecule has 1 amide bonds. The SMILES string of the molecule is CN(Cc1ccccc1O)C(=O)CCC1CCCNC1. The molecule has 1 atom stereocenters. The van der Waals surface area contributed by atoms with Gasteiger partial charge in [-0.3, -0.25) is 4.79 Å². The number of phenols is 1. The van der Waals surface area contributed by atoms with E-state index in [0.29, 0.717) is 18.9 Å². The van der Waals surface area contributed by atoms with Gasteiger partial charge in [0.1, 0.15) is 5.75 Å². The van der Waals surface area contributed by atoms with Crippen LogP contribution in [0.1, 0.15) is 31.2 Å². The Morgan fingerprint density at radius 3 is 2.95 bits per heavy atom. The van der Waals surface area contributed by atoms with E-state index >= 15 is 0 Å². The van der Waals surface area contributed by atoms with Gasteiger partial charge < -0.3 is 15.3 Å². The van der Waals surface area contributed by atoms with Gasteiger partial charge in [-0.25, -0.2) is 0 Å². The molecule has 0 saturated carbocycles. The molecule has 0 bridgehead atoms. The van der Waals surface area contributed by atoms with Gasteiger partial charge in [0.2, 0.25) is 5.91 Å². The van der Waals surface area contributed by atoms with Gasteiger partial charge >= 0.3 is 0 Å². The van der Waals surface area contributed by atoms with Crippen molar-refractivity contribution < 1.29 is 9.90 Å². The van der Waals surface area contributed by atoms with E-state index in [2.05, 4.69) is 5.32 Å². The average molecular weight is 276 g/mol. The fourth-order valence-corrected chi connectivity index (χ4v) is 2.68. The summed E-state index contributed by atoms with van der Waals surface area (Å²) < 4.78 is 0. The second kappa shape index (κ2) is 7.29. The van der Waals surface area contributed by atoms with Crippen LogP contribution in [0.5, 0.6) is 5.75 Å². The summed E-state index contributed by atoms with van der Waals surface area (Å²) in [7, 11) is 1.80. The number of nitrogens with zero attached hydrogens (tertiary/aromatic N) is 1. The maximum absolute atomic E-state index is 12.1. The van der Waals surface area contributed by atoms with Crippen LogP contribution in [0, 0.1) is 5.92 Å². The molecule has 2 rings (SSSR count). The summed E-state index contributed by atoms with van der Waals surface area (Å²) in [5.74, 6) is 1.04. The van der Waals surface area contributed by atoms with Gasteiger partial charge in [-0.15, -0.1) is 0 Å². The molecule has 2 N–H and O–H groups in total. The molecule has 1 aliphatic heterocycles. The van der Waals surface area contributed by atoms with Crippen molar-refractivity contribution in [3.05, 3.63) is 29.8 Å². The smallest absolute Gasteiger partial charge is 0.222 e. The number of para-hydroxylation sites is 1. The number of nitrogens with one attached hydrogen (secondary N) is 1. The molecule has 1 saturated heterocycles. The molecule has 20 heavy (non-hydrogen) atoms. The van der Waals surface area contributed by atoms with E-state index in [-0.39, 0.29) is 11.7 Å². The summed E-state index contributed by atoms with van der Waals surface area (Å²) in [6.45, 7) is 2.61. The van der Waals surface area contributed by atoms with Crippen molar-refractivity contribution in [1.29, 1.82) is 0 Å². The highest BCUT2D eigenvalue weighted by Gasteiger charge is 2.16. The Kier molecular flexibility index (Phi) is 5.41. The maximum atomic E-state index is 12.1. The zero-order chi connectivity index (χ0) is 14.4. The molecule has 4 nitrogen and oxygen atoms in total. The molecule has 0 aromatic heterocycles. The Bertz CT molecular complexity index is 442. The standard InChI is InChI=1S/C16H24N2O2/c1-18(12-14-6-2-3-7-15(14)19)16(20)9-8-13-5-4-10-17-11-13/h2-3,6-7,13,17,19H,4-5,8-12H2,1H3. The first-order valence-corrected chi connectivity index (χ1v) is 7.38. The van der Waals surface area contributed by atoms with Crippen molar-refractivity contribution >= 4 is 5.91 Å². The predicted octanol–water partition coefficient (Wildman–Crippen LogP) is 2.13. The van der Waals surface area contributed by atoms with Gasteiger partial charge in [0.15, 0.2) is 0 Å². The molecule has 0 aliphatic carbocycles. The Balaban J connectivity index is 1.78. The summed E-state index contributed by atoms with van der Waals surface area (Å²) in [5, 5.41) is 13.1. The third kappa shape index (κ3) is 4.23. The average Bonchev–Trinajstić information content (AvgIpc) is 2.48. The summed E-state index contributed by atoms with van der Waals surface area (Å²) in [6.07, 6.45) is 3.99. The number of hydrogen-bond donors (Lipinski definition) is 2. The van der Waals surface area contributed by atoms with Crippen molar-refractivity contribution in [3.63, 3.8) is 0 Å². The minimum absolute atomic E-state index is 0.152. The molecule has 1 fully saturated rings. The lowest BCUT2D eigenvalue weighted by Gasteiger charge is -2.24. The van der Waals surface area contributed by atoms with E-state index < -0.39 is 0 Å². The highest BCUT2D eigenvalue weighted by molar-refractivity contribution is 5.75. The quantitative estimate of drug-likeness (QED) is 0.866. The van der Waals surface area contributed by atoms with E-state index in [9.17, 15) is 9.90 Å². The number of hydrogen-bond acceptors (Lipinski definition) is 3. The molecule has 0 radical (unpaired) electrons. The van der Waals surface area contributed by atoms with E-state index in [1.54, 1.807) is 24.1 Å². The molecule has 1 aliphatic rings. The van der Waals surface area contributed by atoms with E-state index in [0.717, 1.165) is 25.1 Å². The summed E-state index contributed by atoms with van der Waals surface area (Å²) in [4.78, 5) is 13.8. The van der Waals surface area contributed by atoms with E-state index in [1.165, 1.54) is 12.8 Å². The molecular formula is C16H24N2O2. The zero-order valence-corrected chi connectivity index (χ0v) is 12.1. The van der Waals surface area contributed by atoms with E-state index in [1.807, 2.05) is 12.1 Å². The summed E-state index contributed by atoms with van der Waals surface area (Å²) in [5.41, 5.74) is 0.794. The molecule has 1 aromatic carbocycles. The van der Waals surface area contributed by atoms with Crippen LogP contribution in [0.3, 0.4) is 0 Å². The van der Waals surface area contributed by atoms with Crippen molar-refractivity contribution in [2.24, 2.45) is 5.92 Å². The van der Waals surface area contributed by atoms with Crippen molar-refractivity contribution in [2.45, 2.75) is 32.2 Å². The van der Waals surface area contributed by atoms with Crippen molar-refractivity contribution in [2.75, 3.05) is 20.1 Å². The Labute approximate surface area is 120 Å². The Morgan fingerprint density at radius 1 is 1.45 bits per heavy atom. The molecule has 0 spiro atoms. The highest BCUT2D eigenvalue weighted by Crippen LogP contribution is 2.19. The maximum Gasteiger partial charge on any atom is 0.222 e. The first-order chi connectivity index (χ1) is 9.66. The number of carbonyl (C=O) groups is 1. The van der Waals surface area contributed by atoms with Gasteiger partial charge in [0.25, 0.3) is 0 Å². The van der Waals surface area contributed by atoms with Crippen LogP contribution in [0.15, 0.2) is 24.3 Å². The molecule has 110 valence electrons. The molecule has 1 aromatic rings. The first kappa shape index (κ1) is 14.9. The first-order valence-electron chi connectivity index (χ1n) is 7.38. The highest BCUT2D eigenvalue weighted by atomic mass is 16.3. The fourth-order valence-electron chi connectivity index (χ4n) is 2.68. The van der Waals surface area contributed by atoms with Crippen LogP contribution in [-0.2, 0) is 11.3 Å². The lowest BCUT2D eigenvalue weighted by atomic mass is 9.94. The van der Waals surface area contributed by atoms with Crippen LogP contribution in [0.2, 0.25) is 0 Å². The minimum Gasteiger partial charge on any atom is -0.508 e. The summed E-state index contributed by atoms with van der Waals surface area (Å²) in [6, 6.07) is 7.17. The Hall–Kier alpha value is -1.55. The lowest BCUT2D eigenvalue weighted by Crippen LogP contribution is -2.31. The molecule has 1 unspecified atom stereocenters. The van der Waals surface area contributed by atoms with Crippen molar-refractivity contribution in [3.8, 4) is 5.75 Å². The zero-order valence-electron chi connectivity index (χ0n) is 12.1. The van der Waals surface area contributed by atoms with Crippen LogP contribution >= 0.6 is 0 Å².